The van der Waals surface area contributed by atoms with Crippen LogP contribution < -0.4 is 0 Å². The molecule has 22 heavy (non-hydrogen) atoms. The SMILES string of the molecule is CC(C)(C)OC(=O)N1C[C@@H]2CC[C@H]1CN2C(=O)OC(C)(C)C. The number of carbonyl (C=O) groups excluding carboxylic acids is 2. The van der Waals surface area contributed by atoms with E-state index in [1.54, 1.807) is 9.80 Å². The van der Waals surface area contributed by atoms with E-state index in [-0.39, 0.29) is 24.3 Å². The van der Waals surface area contributed by atoms with Gasteiger partial charge < -0.3 is 19.3 Å². The van der Waals surface area contributed by atoms with E-state index in [0.29, 0.717) is 13.1 Å². The molecule has 6 heteroatoms. The standard InChI is InChI=1S/C16H28N2O4/c1-15(2,3)21-13(19)17-9-12-8-7-11(17)10-18(12)14(20)22-16(4,5)6/h11-12H,7-10H2,1-6H3/t11-,12-/m0/s1. The van der Waals surface area contributed by atoms with E-state index in [0.717, 1.165) is 12.8 Å². The van der Waals surface area contributed by atoms with E-state index >= 15 is 0 Å². The minimum absolute atomic E-state index is 0.0207. The van der Waals surface area contributed by atoms with Crippen LogP contribution in [0.1, 0.15) is 54.4 Å². The van der Waals surface area contributed by atoms with Gasteiger partial charge in [0, 0.05) is 13.1 Å². The summed E-state index contributed by atoms with van der Waals surface area (Å²) in [6.45, 7) is 12.2. The van der Waals surface area contributed by atoms with Gasteiger partial charge in [-0.15, -0.1) is 0 Å². The molecule has 3 aliphatic rings. The zero-order valence-electron chi connectivity index (χ0n) is 14.5. The van der Waals surface area contributed by atoms with E-state index in [4.69, 9.17) is 9.47 Å². The van der Waals surface area contributed by atoms with E-state index in [1.165, 1.54) is 0 Å². The maximum absolute atomic E-state index is 12.3. The fourth-order valence-corrected chi connectivity index (χ4v) is 2.92. The molecule has 3 saturated heterocycles. The van der Waals surface area contributed by atoms with Crippen molar-refractivity contribution in [3.8, 4) is 0 Å². The number of carbonyl (C=O) groups is 2. The maximum Gasteiger partial charge on any atom is 0.410 e. The highest BCUT2D eigenvalue weighted by atomic mass is 16.6. The van der Waals surface area contributed by atoms with E-state index in [1.807, 2.05) is 41.5 Å². The molecule has 0 aromatic heterocycles. The molecule has 0 radical (unpaired) electrons. The summed E-state index contributed by atoms with van der Waals surface area (Å²) in [7, 11) is 0. The highest BCUT2D eigenvalue weighted by molar-refractivity contribution is 5.72. The molecule has 2 amide bonds. The van der Waals surface area contributed by atoms with Crippen molar-refractivity contribution < 1.29 is 19.1 Å². The van der Waals surface area contributed by atoms with Crippen molar-refractivity contribution in [2.24, 2.45) is 0 Å². The molecule has 3 fully saturated rings. The largest absolute Gasteiger partial charge is 0.444 e. The van der Waals surface area contributed by atoms with Gasteiger partial charge in [-0.1, -0.05) is 0 Å². The highest BCUT2D eigenvalue weighted by Gasteiger charge is 2.45. The molecular weight excluding hydrogens is 284 g/mol. The van der Waals surface area contributed by atoms with E-state index < -0.39 is 11.2 Å². The second-order valence-electron chi connectivity index (χ2n) is 8.15. The Labute approximate surface area is 132 Å². The van der Waals surface area contributed by atoms with Crippen molar-refractivity contribution in [3.63, 3.8) is 0 Å². The van der Waals surface area contributed by atoms with Crippen molar-refractivity contribution in [1.82, 2.24) is 9.80 Å². The number of amides is 2. The number of nitrogens with zero attached hydrogens (tertiary/aromatic N) is 2. The summed E-state index contributed by atoms with van der Waals surface area (Å²) in [5, 5.41) is 0. The smallest absolute Gasteiger partial charge is 0.410 e. The number of fused-ring (bicyclic) bond motifs is 3. The van der Waals surface area contributed by atoms with Crippen LogP contribution in [0.15, 0.2) is 0 Å². The maximum atomic E-state index is 12.3. The summed E-state index contributed by atoms with van der Waals surface area (Å²) >= 11 is 0. The predicted octanol–water partition coefficient (Wildman–Crippen LogP) is 3.01. The van der Waals surface area contributed by atoms with Gasteiger partial charge in [0.15, 0.2) is 0 Å². The van der Waals surface area contributed by atoms with Gasteiger partial charge in [-0.05, 0) is 54.4 Å². The Bertz CT molecular complexity index is 408. The lowest BCUT2D eigenvalue weighted by molar-refractivity contribution is -0.0512. The van der Waals surface area contributed by atoms with Crippen LogP contribution in [0, 0.1) is 0 Å². The van der Waals surface area contributed by atoms with Gasteiger partial charge in [-0.25, -0.2) is 9.59 Å². The first-order chi connectivity index (χ1) is 9.96. The number of hydrogen-bond acceptors (Lipinski definition) is 4. The number of piperazine rings is 1. The monoisotopic (exact) mass is 312 g/mol. The summed E-state index contributed by atoms with van der Waals surface area (Å²) < 4.78 is 10.9. The highest BCUT2D eigenvalue weighted by Crippen LogP contribution is 2.31. The van der Waals surface area contributed by atoms with Crippen molar-refractivity contribution in [2.45, 2.75) is 77.7 Å². The van der Waals surface area contributed by atoms with Crippen molar-refractivity contribution in [2.75, 3.05) is 13.1 Å². The fourth-order valence-electron chi connectivity index (χ4n) is 2.92. The molecule has 0 aromatic rings. The van der Waals surface area contributed by atoms with Crippen LogP contribution in [0.5, 0.6) is 0 Å². The minimum Gasteiger partial charge on any atom is -0.444 e. The second-order valence-corrected chi connectivity index (χ2v) is 8.15. The predicted molar refractivity (Wildman–Crippen MR) is 82.7 cm³/mol. The zero-order valence-corrected chi connectivity index (χ0v) is 14.5. The summed E-state index contributed by atoms with van der Waals surface area (Å²) in [5.74, 6) is 0. The zero-order chi connectivity index (χ0) is 16.7. The first-order valence-corrected chi connectivity index (χ1v) is 7.95. The van der Waals surface area contributed by atoms with Gasteiger partial charge in [0.2, 0.25) is 0 Å². The number of piperidine rings is 2. The Hall–Kier alpha value is -1.46. The van der Waals surface area contributed by atoms with Crippen LogP contribution in [0.3, 0.4) is 0 Å². The first kappa shape index (κ1) is 16.9. The quantitative estimate of drug-likeness (QED) is 0.690. The van der Waals surface area contributed by atoms with Crippen LogP contribution in [-0.4, -0.2) is 58.4 Å². The van der Waals surface area contributed by atoms with Crippen molar-refractivity contribution in [3.05, 3.63) is 0 Å². The first-order valence-electron chi connectivity index (χ1n) is 7.95. The Morgan fingerprint density at radius 1 is 0.773 bits per heavy atom. The van der Waals surface area contributed by atoms with Gasteiger partial charge in [-0.2, -0.15) is 0 Å². The molecule has 0 unspecified atom stereocenters. The molecular formula is C16H28N2O4. The molecule has 3 aliphatic heterocycles. The molecule has 3 rings (SSSR count). The third kappa shape index (κ3) is 4.05. The van der Waals surface area contributed by atoms with E-state index in [9.17, 15) is 9.59 Å². The van der Waals surface area contributed by atoms with Crippen LogP contribution in [0.25, 0.3) is 0 Å². The molecule has 3 heterocycles. The normalized spacial score (nSPS) is 25.2. The van der Waals surface area contributed by atoms with Gasteiger partial charge in [0.1, 0.15) is 11.2 Å². The van der Waals surface area contributed by atoms with Gasteiger partial charge in [-0.3, -0.25) is 0 Å². The van der Waals surface area contributed by atoms with Crippen molar-refractivity contribution in [1.29, 1.82) is 0 Å². The van der Waals surface area contributed by atoms with Crippen LogP contribution in [-0.2, 0) is 9.47 Å². The summed E-state index contributed by atoms with van der Waals surface area (Å²) in [6, 6.07) is 0.0414. The lowest BCUT2D eigenvalue weighted by atomic mass is 9.91. The van der Waals surface area contributed by atoms with Crippen LogP contribution in [0.2, 0.25) is 0 Å². The van der Waals surface area contributed by atoms with Gasteiger partial charge >= 0.3 is 12.2 Å². The average Bonchev–Trinajstić information content (AvgIpc) is 2.35. The summed E-state index contributed by atoms with van der Waals surface area (Å²) in [4.78, 5) is 28.1. The molecule has 126 valence electrons. The average molecular weight is 312 g/mol. The molecule has 0 aromatic carbocycles. The lowest BCUT2D eigenvalue weighted by Gasteiger charge is -2.50. The number of ether oxygens (including phenoxy) is 2. The Morgan fingerprint density at radius 2 is 1.09 bits per heavy atom. The Morgan fingerprint density at radius 3 is 1.32 bits per heavy atom. The van der Waals surface area contributed by atoms with Crippen LogP contribution in [0.4, 0.5) is 9.59 Å². The molecule has 6 nitrogen and oxygen atoms in total. The molecule has 0 saturated carbocycles. The summed E-state index contributed by atoms with van der Waals surface area (Å²) in [5.41, 5.74) is -1.00. The van der Waals surface area contributed by atoms with Gasteiger partial charge in [0.05, 0.1) is 12.1 Å². The number of hydrogen-bond donors (Lipinski definition) is 0. The topological polar surface area (TPSA) is 59.1 Å². The fraction of sp³-hybridized carbons (Fsp3) is 0.875. The summed E-state index contributed by atoms with van der Waals surface area (Å²) in [6.07, 6.45) is 1.24. The van der Waals surface area contributed by atoms with Gasteiger partial charge in [0.25, 0.3) is 0 Å². The number of rotatable bonds is 0. The minimum atomic E-state index is -0.501. The Kier molecular flexibility index (Phi) is 4.33. The molecule has 0 aliphatic carbocycles. The molecule has 0 spiro atoms. The third-order valence-electron chi connectivity index (χ3n) is 3.79. The molecule has 0 N–H and O–H groups in total. The van der Waals surface area contributed by atoms with E-state index in [2.05, 4.69) is 0 Å². The Balaban J connectivity index is 2.00. The third-order valence-corrected chi connectivity index (χ3v) is 3.79. The second kappa shape index (κ2) is 5.63. The van der Waals surface area contributed by atoms with Crippen molar-refractivity contribution >= 4 is 12.2 Å². The molecule has 2 atom stereocenters. The molecule has 2 bridgehead atoms. The van der Waals surface area contributed by atoms with Crippen LogP contribution >= 0.6 is 0 Å². The lowest BCUT2D eigenvalue weighted by Crippen LogP contribution is -2.65.